The highest BCUT2D eigenvalue weighted by Crippen LogP contribution is 2.30. The van der Waals surface area contributed by atoms with Crippen LogP contribution in [0.15, 0.2) is 65.7 Å². The molecule has 2 N–H and O–H groups in total. The number of carboxylic acids is 1. The van der Waals surface area contributed by atoms with Crippen molar-refractivity contribution in [2.24, 2.45) is 0 Å². The number of carbonyl (C=O) groups is 2. The van der Waals surface area contributed by atoms with Crippen molar-refractivity contribution in [3.05, 3.63) is 87.8 Å². The van der Waals surface area contributed by atoms with Crippen LogP contribution in [-0.2, 0) is 11.2 Å². The monoisotopic (exact) mass is 569 g/mol. The van der Waals surface area contributed by atoms with Gasteiger partial charge in [-0.1, -0.05) is 31.2 Å². The van der Waals surface area contributed by atoms with Gasteiger partial charge in [-0.2, -0.15) is 4.98 Å². The Morgan fingerprint density at radius 2 is 1.71 bits per heavy atom. The van der Waals surface area contributed by atoms with Gasteiger partial charge in [0, 0.05) is 36.9 Å². The molecule has 218 valence electrons. The Balaban J connectivity index is 1.35. The van der Waals surface area contributed by atoms with Crippen LogP contribution in [0.25, 0.3) is 16.7 Å². The first kappa shape index (κ1) is 28.8. The molecule has 1 aliphatic rings. The van der Waals surface area contributed by atoms with Crippen LogP contribution in [0.5, 0.6) is 0 Å². The fourth-order valence-electron chi connectivity index (χ4n) is 5.10. The zero-order valence-corrected chi connectivity index (χ0v) is 24.3. The van der Waals surface area contributed by atoms with Gasteiger partial charge in [0.25, 0.3) is 0 Å². The number of aromatic carboxylic acids is 1. The second-order valence-electron chi connectivity index (χ2n) is 11.5. The topological polar surface area (TPSA) is 127 Å². The Hall–Kier alpha value is -4.73. The van der Waals surface area contributed by atoms with E-state index in [-0.39, 0.29) is 23.0 Å². The lowest BCUT2D eigenvalue weighted by Crippen LogP contribution is -2.41. The summed E-state index contributed by atoms with van der Waals surface area (Å²) in [6.45, 7) is 8.97. The largest absolute Gasteiger partial charge is 0.477 e. The summed E-state index contributed by atoms with van der Waals surface area (Å²) in [4.78, 5) is 47.8. The maximum absolute atomic E-state index is 12.9. The molecule has 0 aliphatic carbocycles. The molecule has 0 saturated carbocycles. The number of nitrogens with zero attached hydrogens (tertiary/aromatic N) is 4. The number of piperidine rings is 1. The van der Waals surface area contributed by atoms with Crippen LogP contribution in [0, 0.1) is 0 Å². The average Bonchev–Trinajstić information content (AvgIpc) is 2.97. The number of aromatic nitrogens is 3. The van der Waals surface area contributed by atoms with E-state index >= 15 is 0 Å². The Kier molecular flexibility index (Phi) is 7.98. The van der Waals surface area contributed by atoms with E-state index in [1.165, 1.54) is 18.0 Å². The summed E-state index contributed by atoms with van der Waals surface area (Å²) in [5.74, 6) is -0.687. The summed E-state index contributed by atoms with van der Waals surface area (Å²) in [6, 6.07) is 15.7. The molecule has 0 spiro atoms. The molecule has 0 radical (unpaired) electrons. The molecule has 0 atom stereocenters. The lowest BCUT2D eigenvalue weighted by atomic mass is 9.89. The van der Waals surface area contributed by atoms with Crippen LogP contribution < -0.4 is 10.7 Å². The van der Waals surface area contributed by atoms with Crippen LogP contribution in [0.1, 0.15) is 67.9 Å². The molecule has 42 heavy (non-hydrogen) atoms. The maximum Gasteiger partial charge on any atom is 0.410 e. The Bertz CT molecular complexity index is 1670. The van der Waals surface area contributed by atoms with Gasteiger partial charge >= 0.3 is 12.1 Å². The first-order valence-electron chi connectivity index (χ1n) is 14.1. The third-order valence-electron chi connectivity index (χ3n) is 7.38. The molecule has 1 saturated heterocycles. The summed E-state index contributed by atoms with van der Waals surface area (Å²) in [7, 11) is 0. The molecular weight excluding hydrogens is 534 g/mol. The summed E-state index contributed by atoms with van der Waals surface area (Å²) in [6.07, 6.45) is 4.99. The predicted octanol–water partition coefficient (Wildman–Crippen LogP) is 5.90. The minimum atomic E-state index is -1.31. The first-order chi connectivity index (χ1) is 20.0. The van der Waals surface area contributed by atoms with Gasteiger partial charge in [-0.3, -0.25) is 4.79 Å². The summed E-state index contributed by atoms with van der Waals surface area (Å²) in [5.41, 5.74) is 2.60. The van der Waals surface area contributed by atoms with Crippen LogP contribution in [-0.4, -0.2) is 55.3 Å². The number of rotatable bonds is 6. The van der Waals surface area contributed by atoms with Crippen molar-refractivity contribution in [3.63, 3.8) is 0 Å². The number of ether oxygens (including phenoxy) is 1. The SMILES string of the molecule is CCc1ccc(-n2cc(C(=O)O)c(=O)c3cnc(Nc4ccc(C5CCN(C(=O)OC(C)(C)C)CC5)cc4)nc32)cc1. The van der Waals surface area contributed by atoms with Gasteiger partial charge in [-0.25, -0.2) is 14.6 Å². The molecule has 5 rings (SSSR count). The van der Waals surface area contributed by atoms with Gasteiger partial charge in [-0.05, 0) is 81.3 Å². The Morgan fingerprint density at radius 1 is 1.05 bits per heavy atom. The number of hydrogen-bond donors (Lipinski definition) is 2. The second kappa shape index (κ2) is 11.6. The van der Waals surface area contributed by atoms with Gasteiger partial charge in [0.1, 0.15) is 11.2 Å². The molecule has 2 aromatic carbocycles. The van der Waals surface area contributed by atoms with E-state index in [1.54, 1.807) is 9.47 Å². The second-order valence-corrected chi connectivity index (χ2v) is 11.5. The van der Waals surface area contributed by atoms with Gasteiger partial charge in [0.15, 0.2) is 5.65 Å². The Labute approximate surface area is 244 Å². The number of carboxylic acid groups (broad SMARTS) is 1. The third-order valence-corrected chi connectivity index (χ3v) is 7.38. The maximum atomic E-state index is 12.9. The number of likely N-dealkylation sites (tertiary alicyclic amines) is 1. The molecule has 3 heterocycles. The number of anilines is 2. The quantitative estimate of drug-likeness (QED) is 0.294. The number of fused-ring (bicyclic) bond motifs is 1. The molecule has 10 nitrogen and oxygen atoms in total. The highest BCUT2D eigenvalue weighted by atomic mass is 16.6. The van der Waals surface area contributed by atoms with Crippen molar-refractivity contribution < 1.29 is 19.4 Å². The molecule has 4 aromatic rings. The molecule has 10 heteroatoms. The van der Waals surface area contributed by atoms with Crippen LogP contribution >= 0.6 is 0 Å². The standard InChI is InChI=1S/C32H35N5O5/c1-5-20-6-12-24(13-7-20)37-19-26(29(39)40)27(38)25-18-33-30(35-28(25)37)34-23-10-8-21(9-11-23)22-14-16-36(17-15-22)31(41)42-32(2,3)4/h6-13,18-19,22H,5,14-17H2,1-4H3,(H,39,40)(H,33,34,35). The molecule has 1 amide bonds. The fraction of sp³-hybridized carbons (Fsp3) is 0.344. The number of benzene rings is 2. The van der Waals surface area contributed by atoms with Crippen LogP contribution in [0.3, 0.4) is 0 Å². The van der Waals surface area contributed by atoms with E-state index in [0.717, 1.165) is 30.5 Å². The van der Waals surface area contributed by atoms with Crippen molar-refractivity contribution in [1.29, 1.82) is 0 Å². The van der Waals surface area contributed by atoms with E-state index in [1.807, 2.05) is 57.2 Å². The number of nitrogens with one attached hydrogen (secondary N) is 1. The van der Waals surface area contributed by atoms with Crippen molar-refractivity contribution in [1.82, 2.24) is 19.4 Å². The Morgan fingerprint density at radius 3 is 2.31 bits per heavy atom. The van der Waals surface area contributed by atoms with Crippen molar-refractivity contribution in [3.8, 4) is 5.69 Å². The minimum Gasteiger partial charge on any atom is -0.477 e. The van der Waals surface area contributed by atoms with Crippen molar-refractivity contribution >= 4 is 34.7 Å². The highest BCUT2D eigenvalue weighted by Gasteiger charge is 2.27. The normalized spacial score (nSPS) is 14.1. The number of carbonyl (C=O) groups excluding carboxylic acids is 1. The summed E-state index contributed by atoms with van der Waals surface area (Å²) >= 11 is 0. The summed E-state index contributed by atoms with van der Waals surface area (Å²) in [5, 5.41) is 13.0. The zero-order chi connectivity index (χ0) is 30.0. The first-order valence-corrected chi connectivity index (χ1v) is 14.1. The van der Waals surface area contributed by atoms with Gasteiger partial charge in [-0.15, -0.1) is 0 Å². The van der Waals surface area contributed by atoms with Crippen LogP contribution in [0.2, 0.25) is 0 Å². The average molecular weight is 570 g/mol. The predicted molar refractivity (Wildman–Crippen MR) is 161 cm³/mol. The van der Waals surface area contributed by atoms with Gasteiger partial charge < -0.3 is 24.6 Å². The number of aryl methyl sites for hydroxylation is 1. The molecule has 0 unspecified atom stereocenters. The van der Waals surface area contributed by atoms with E-state index < -0.39 is 17.0 Å². The lowest BCUT2D eigenvalue weighted by Gasteiger charge is -2.33. The van der Waals surface area contributed by atoms with E-state index in [2.05, 4.69) is 34.3 Å². The summed E-state index contributed by atoms with van der Waals surface area (Å²) < 4.78 is 7.11. The van der Waals surface area contributed by atoms with Crippen molar-refractivity contribution in [2.45, 2.75) is 58.5 Å². The molecule has 1 fully saturated rings. The minimum absolute atomic E-state index is 0.119. The van der Waals surface area contributed by atoms with Gasteiger partial charge in [0.05, 0.1) is 5.39 Å². The van der Waals surface area contributed by atoms with Crippen molar-refractivity contribution in [2.75, 3.05) is 18.4 Å². The lowest BCUT2D eigenvalue weighted by molar-refractivity contribution is 0.0204. The van der Waals surface area contributed by atoms with E-state index in [9.17, 15) is 19.5 Å². The number of pyridine rings is 1. The molecule has 1 aliphatic heterocycles. The highest BCUT2D eigenvalue weighted by molar-refractivity contribution is 5.92. The van der Waals surface area contributed by atoms with E-state index in [4.69, 9.17) is 4.74 Å². The fourth-order valence-corrected chi connectivity index (χ4v) is 5.10. The molecule has 0 bridgehead atoms. The zero-order valence-electron chi connectivity index (χ0n) is 24.3. The van der Waals surface area contributed by atoms with E-state index in [0.29, 0.717) is 30.3 Å². The number of hydrogen-bond acceptors (Lipinski definition) is 7. The molecule has 2 aromatic heterocycles. The van der Waals surface area contributed by atoms with Gasteiger partial charge in [0.2, 0.25) is 11.4 Å². The van der Waals surface area contributed by atoms with Crippen LogP contribution in [0.4, 0.5) is 16.4 Å². The molecular formula is C32H35N5O5. The third kappa shape index (κ3) is 6.27. The number of amides is 1. The smallest absolute Gasteiger partial charge is 0.410 e.